The Kier molecular flexibility index (Phi) is 4.00. The van der Waals surface area contributed by atoms with Gasteiger partial charge in [0.05, 0.1) is 16.0 Å². The van der Waals surface area contributed by atoms with Gasteiger partial charge in [-0.3, -0.25) is 4.79 Å². The summed E-state index contributed by atoms with van der Waals surface area (Å²) >= 11 is 11.8. The van der Waals surface area contributed by atoms with Crippen LogP contribution in [-0.2, 0) is 4.79 Å². The molecular formula is C12H14Cl2N2O2. The van der Waals surface area contributed by atoms with Gasteiger partial charge in [-0.25, -0.2) is 0 Å². The zero-order chi connectivity index (χ0) is 13.3. The number of halogens is 2. The highest BCUT2D eigenvalue weighted by Crippen LogP contribution is 2.39. The van der Waals surface area contributed by atoms with Crippen LogP contribution in [0.1, 0.15) is 17.9 Å². The Hall–Kier alpha value is -0.970. The van der Waals surface area contributed by atoms with Gasteiger partial charge < -0.3 is 16.2 Å². The van der Waals surface area contributed by atoms with Crippen molar-refractivity contribution >= 4 is 29.1 Å². The number of amides is 1. The summed E-state index contributed by atoms with van der Waals surface area (Å²) in [5.74, 6) is -0.791. The van der Waals surface area contributed by atoms with Gasteiger partial charge in [0.25, 0.3) is 0 Å². The summed E-state index contributed by atoms with van der Waals surface area (Å²) in [5.41, 5.74) is 6.03. The third-order valence-corrected chi connectivity index (χ3v) is 4.04. The first-order chi connectivity index (χ1) is 8.50. The van der Waals surface area contributed by atoms with Gasteiger partial charge >= 0.3 is 0 Å². The molecule has 1 aliphatic rings. The van der Waals surface area contributed by atoms with Gasteiger partial charge in [0.2, 0.25) is 5.91 Å². The number of phenolic OH excluding ortho intramolecular Hbond substituents is 1. The molecule has 4 N–H and O–H groups in total. The van der Waals surface area contributed by atoms with Gasteiger partial charge in [-0.2, -0.15) is 0 Å². The summed E-state index contributed by atoms with van der Waals surface area (Å²) in [5, 5.41) is 13.7. The number of piperidine rings is 1. The van der Waals surface area contributed by atoms with Crippen molar-refractivity contribution in [1.29, 1.82) is 0 Å². The van der Waals surface area contributed by atoms with Crippen molar-refractivity contribution in [2.75, 3.05) is 13.1 Å². The number of nitrogens with one attached hydrogen (secondary N) is 1. The molecule has 0 unspecified atom stereocenters. The zero-order valence-corrected chi connectivity index (χ0v) is 11.1. The minimum atomic E-state index is -0.377. The summed E-state index contributed by atoms with van der Waals surface area (Å²) in [6.45, 7) is 1.29. The molecule has 1 aliphatic heterocycles. The quantitative estimate of drug-likeness (QED) is 0.778. The van der Waals surface area contributed by atoms with E-state index >= 15 is 0 Å². The summed E-state index contributed by atoms with van der Waals surface area (Å²) in [6.07, 6.45) is 0.721. The van der Waals surface area contributed by atoms with Gasteiger partial charge in [-0.15, -0.1) is 0 Å². The molecule has 0 bridgehead atoms. The van der Waals surface area contributed by atoms with E-state index in [4.69, 9.17) is 28.9 Å². The number of carbonyl (C=O) groups excluding carboxylic acids is 1. The molecule has 1 aromatic rings. The molecule has 18 heavy (non-hydrogen) atoms. The fourth-order valence-corrected chi connectivity index (χ4v) is 2.71. The van der Waals surface area contributed by atoms with E-state index in [1.165, 1.54) is 6.07 Å². The molecule has 2 atom stereocenters. The number of aromatic hydroxyl groups is 1. The van der Waals surface area contributed by atoms with E-state index < -0.39 is 0 Å². The molecule has 0 aliphatic carbocycles. The number of hydrogen-bond acceptors (Lipinski definition) is 3. The maximum Gasteiger partial charge on any atom is 0.222 e. The Morgan fingerprint density at radius 1 is 1.39 bits per heavy atom. The number of rotatable bonds is 2. The highest BCUT2D eigenvalue weighted by atomic mass is 35.5. The lowest BCUT2D eigenvalue weighted by Gasteiger charge is -2.30. The molecule has 2 rings (SSSR count). The van der Waals surface area contributed by atoms with E-state index in [-0.39, 0.29) is 23.5 Å². The number of nitrogens with two attached hydrogens (primary N) is 1. The van der Waals surface area contributed by atoms with Crippen LogP contribution >= 0.6 is 23.2 Å². The fourth-order valence-electron chi connectivity index (χ4n) is 2.38. The van der Waals surface area contributed by atoms with Gasteiger partial charge in [0.1, 0.15) is 5.75 Å². The number of primary amides is 1. The fraction of sp³-hybridized carbons (Fsp3) is 0.417. The van der Waals surface area contributed by atoms with E-state index in [1.54, 1.807) is 6.07 Å². The molecule has 1 aromatic carbocycles. The van der Waals surface area contributed by atoms with E-state index in [1.807, 2.05) is 0 Å². The molecule has 0 radical (unpaired) electrons. The first-order valence-electron chi connectivity index (χ1n) is 5.68. The topological polar surface area (TPSA) is 75.4 Å². The Bertz CT molecular complexity index is 479. The standard InChI is InChI=1S/C12H14Cl2N2O2/c13-9-3-7(11(17)4-10(9)14)6-1-2-16-5-8(6)12(15)18/h3-4,6,8,16-17H,1-2,5H2,(H2,15,18)/t6-,8-/m0/s1. The smallest absolute Gasteiger partial charge is 0.222 e. The van der Waals surface area contributed by atoms with E-state index in [0.29, 0.717) is 22.2 Å². The van der Waals surface area contributed by atoms with E-state index in [9.17, 15) is 9.90 Å². The Labute approximate surface area is 115 Å². The van der Waals surface area contributed by atoms with Crippen molar-refractivity contribution in [1.82, 2.24) is 5.32 Å². The van der Waals surface area contributed by atoms with Gasteiger partial charge in [0.15, 0.2) is 0 Å². The van der Waals surface area contributed by atoms with Crippen LogP contribution < -0.4 is 11.1 Å². The van der Waals surface area contributed by atoms with Crippen LogP contribution in [0, 0.1) is 5.92 Å². The second-order valence-corrected chi connectivity index (χ2v) is 5.25. The average Bonchev–Trinajstić information content (AvgIpc) is 2.34. The zero-order valence-electron chi connectivity index (χ0n) is 9.62. The highest BCUT2D eigenvalue weighted by Gasteiger charge is 2.32. The van der Waals surface area contributed by atoms with E-state index in [0.717, 1.165) is 13.0 Å². The lowest BCUT2D eigenvalue weighted by atomic mass is 9.80. The molecule has 0 saturated carbocycles. The number of phenols is 1. The Morgan fingerprint density at radius 2 is 2.06 bits per heavy atom. The molecule has 0 spiro atoms. The molecule has 0 aromatic heterocycles. The van der Waals surface area contributed by atoms with Gasteiger partial charge in [-0.1, -0.05) is 23.2 Å². The van der Waals surface area contributed by atoms with E-state index in [2.05, 4.69) is 5.32 Å². The van der Waals surface area contributed by atoms with Gasteiger partial charge in [-0.05, 0) is 24.6 Å². The summed E-state index contributed by atoms with van der Waals surface area (Å²) in [4.78, 5) is 11.4. The molecule has 98 valence electrons. The number of hydrogen-bond donors (Lipinski definition) is 3. The van der Waals surface area contributed by atoms with Crippen molar-refractivity contribution in [2.24, 2.45) is 11.7 Å². The largest absolute Gasteiger partial charge is 0.508 e. The third-order valence-electron chi connectivity index (χ3n) is 3.32. The van der Waals surface area contributed by atoms with Crippen molar-refractivity contribution in [3.63, 3.8) is 0 Å². The predicted octanol–water partition coefficient (Wildman–Crippen LogP) is 1.88. The van der Waals surface area contributed by atoms with Crippen LogP contribution in [0.2, 0.25) is 10.0 Å². The van der Waals surface area contributed by atoms with Crippen LogP contribution in [0.3, 0.4) is 0 Å². The first-order valence-corrected chi connectivity index (χ1v) is 6.44. The van der Waals surface area contributed by atoms with Crippen LogP contribution in [-0.4, -0.2) is 24.1 Å². The molecule has 1 heterocycles. The molecular weight excluding hydrogens is 275 g/mol. The summed E-state index contributed by atoms with van der Waals surface area (Å²) in [7, 11) is 0. The molecule has 6 heteroatoms. The normalized spacial score (nSPS) is 23.9. The second-order valence-electron chi connectivity index (χ2n) is 4.43. The van der Waals surface area contributed by atoms with Gasteiger partial charge in [0, 0.05) is 18.5 Å². The molecule has 4 nitrogen and oxygen atoms in total. The molecule has 1 amide bonds. The second kappa shape index (κ2) is 5.34. The van der Waals surface area contributed by atoms with Crippen LogP contribution in [0.25, 0.3) is 0 Å². The predicted molar refractivity (Wildman–Crippen MR) is 71.0 cm³/mol. The van der Waals surface area contributed by atoms with Crippen LogP contribution in [0.15, 0.2) is 12.1 Å². The lowest BCUT2D eigenvalue weighted by molar-refractivity contribution is -0.122. The minimum Gasteiger partial charge on any atom is -0.508 e. The number of carbonyl (C=O) groups is 1. The maximum atomic E-state index is 11.4. The van der Waals surface area contributed by atoms with Crippen molar-refractivity contribution < 1.29 is 9.90 Å². The Balaban J connectivity index is 2.39. The molecule has 1 saturated heterocycles. The van der Waals surface area contributed by atoms with Crippen LogP contribution in [0.4, 0.5) is 0 Å². The SMILES string of the molecule is NC(=O)[C@H]1CNCC[C@H]1c1cc(Cl)c(Cl)cc1O. The minimum absolute atomic E-state index is 0.0579. The molecule has 1 fully saturated rings. The summed E-state index contributed by atoms with van der Waals surface area (Å²) < 4.78 is 0. The third kappa shape index (κ3) is 2.55. The van der Waals surface area contributed by atoms with Crippen molar-refractivity contribution in [3.8, 4) is 5.75 Å². The van der Waals surface area contributed by atoms with Crippen molar-refractivity contribution in [3.05, 3.63) is 27.7 Å². The Morgan fingerprint density at radius 3 is 2.72 bits per heavy atom. The van der Waals surface area contributed by atoms with Crippen LogP contribution in [0.5, 0.6) is 5.75 Å². The van der Waals surface area contributed by atoms with Crippen molar-refractivity contribution in [2.45, 2.75) is 12.3 Å². The number of benzene rings is 1. The maximum absolute atomic E-state index is 11.4. The first kappa shape index (κ1) is 13.5. The monoisotopic (exact) mass is 288 g/mol. The average molecular weight is 289 g/mol. The lowest BCUT2D eigenvalue weighted by Crippen LogP contribution is -2.42. The highest BCUT2D eigenvalue weighted by molar-refractivity contribution is 6.42. The summed E-state index contributed by atoms with van der Waals surface area (Å²) in [6, 6.07) is 3.02.